The summed E-state index contributed by atoms with van der Waals surface area (Å²) >= 11 is 3.49. The summed E-state index contributed by atoms with van der Waals surface area (Å²) in [5.41, 5.74) is 3.39. The molecule has 3 nitrogen and oxygen atoms in total. The van der Waals surface area contributed by atoms with Crippen LogP contribution in [0.4, 0.5) is 5.95 Å². The average Bonchev–Trinajstić information content (AvgIpc) is 2.58. The molecule has 0 aliphatic carbocycles. The van der Waals surface area contributed by atoms with Gasteiger partial charge in [-0.05, 0) is 51.5 Å². The van der Waals surface area contributed by atoms with Crippen LogP contribution >= 0.6 is 15.9 Å². The third kappa shape index (κ3) is 2.75. The Bertz CT molecular complexity index is 558. The highest BCUT2D eigenvalue weighted by molar-refractivity contribution is 9.10. The van der Waals surface area contributed by atoms with E-state index in [9.17, 15) is 0 Å². The zero-order valence-corrected chi connectivity index (χ0v) is 12.7. The Morgan fingerprint density at radius 3 is 2.61 bits per heavy atom. The molecule has 0 atom stereocenters. The molecule has 1 N–H and O–H groups in total. The van der Waals surface area contributed by atoms with E-state index in [-0.39, 0.29) is 0 Å². The Hall–Kier alpha value is -1.29. The van der Waals surface area contributed by atoms with E-state index in [1.54, 1.807) is 0 Å². The van der Waals surface area contributed by atoms with Crippen molar-refractivity contribution < 1.29 is 0 Å². The second-order valence-electron chi connectivity index (χ2n) is 4.81. The van der Waals surface area contributed by atoms with Crippen LogP contribution in [0.3, 0.4) is 0 Å². The van der Waals surface area contributed by atoms with Crippen LogP contribution in [0.25, 0.3) is 5.69 Å². The van der Waals surface area contributed by atoms with Crippen molar-refractivity contribution in [2.45, 2.75) is 33.7 Å². The van der Waals surface area contributed by atoms with Crippen LogP contribution < -0.4 is 5.32 Å². The highest BCUT2D eigenvalue weighted by Gasteiger charge is 2.10. The number of hydrogen-bond acceptors (Lipinski definition) is 2. The van der Waals surface area contributed by atoms with Gasteiger partial charge in [0.15, 0.2) is 0 Å². The van der Waals surface area contributed by atoms with Gasteiger partial charge in [0, 0.05) is 16.7 Å². The van der Waals surface area contributed by atoms with Crippen molar-refractivity contribution in [2.75, 3.05) is 5.32 Å². The number of aromatic nitrogens is 2. The van der Waals surface area contributed by atoms with E-state index in [1.807, 2.05) is 6.92 Å². The molecule has 2 rings (SSSR count). The molecule has 0 unspecified atom stereocenters. The molecule has 0 aliphatic rings. The lowest BCUT2D eigenvalue weighted by Gasteiger charge is -2.14. The number of benzene rings is 1. The second-order valence-corrected chi connectivity index (χ2v) is 5.72. The predicted octanol–water partition coefficient (Wildman–Crippen LogP) is 4.07. The Labute approximate surface area is 116 Å². The average molecular weight is 308 g/mol. The number of rotatable bonds is 3. The Morgan fingerprint density at radius 1 is 1.28 bits per heavy atom. The number of hydrogen-bond donors (Lipinski definition) is 1. The zero-order valence-electron chi connectivity index (χ0n) is 11.2. The van der Waals surface area contributed by atoms with E-state index in [2.05, 4.69) is 76.0 Å². The highest BCUT2D eigenvalue weighted by Crippen LogP contribution is 2.23. The predicted molar refractivity (Wildman–Crippen MR) is 79.5 cm³/mol. The molecule has 0 aliphatic heterocycles. The van der Waals surface area contributed by atoms with Gasteiger partial charge in [-0.3, -0.25) is 4.57 Å². The van der Waals surface area contributed by atoms with Crippen LogP contribution in [0.2, 0.25) is 0 Å². The van der Waals surface area contributed by atoms with E-state index < -0.39 is 0 Å². The lowest BCUT2D eigenvalue weighted by Crippen LogP contribution is -2.14. The molecule has 0 bridgehead atoms. The van der Waals surface area contributed by atoms with Crippen molar-refractivity contribution in [1.29, 1.82) is 0 Å². The standard InChI is InChI=1S/C14H18BrN3/c1-9(2)16-14-17-11(4)8-18(14)13-6-5-12(15)7-10(13)3/h5-9H,1-4H3,(H,16,17). The van der Waals surface area contributed by atoms with E-state index in [0.29, 0.717) is 6.04 Å². The molecule has 0 amide bonds. The van der Waals surface area contributed by atoms with Crippen molar-refractivity contribution >= 4 is 21.9 Å². The molecule has 1 aromatic heterocycles. The van der Waals surface area contributed by atoms with Gasteiger partial charge in [-0.15, -0.1) is 0 Å². The van der Waals surface area contributed by atoms with Gasteiger partial charge >= 0.3 is 0 Å². The fraction of sp³-hybridized carbons (Fsp3) is 0.357. The first kappa shape index (κ1) is 13.1. The molecule has 1 heterocycles. The number of imidazole rings is 1. The Balaban J connectivity index is 2.49. The van der Waals surface area contributed by atoms with E-state index in [4.69, 9.17) is 0 Å². The van der Waals surface area contributed by atoms with Gasteiger partial charge in [0.1, 0.15) is 0 Å². The molecule has 96 valence electrons. The smallest absolute Gasteiger partial charge is 0.207 e. The molecule has 0 fully saturated rings. The van der Waals surface area contributed by atoms with E-state index >= 15 is 0 Å². The third-order valence-electron chi connectivity index (χ3n) is 2.66. The van der Waals surface area contributed by atoms with Crippen LogP contribution in [0.15, 0.2) is 28.9 Å². The summed E-state index contributed by atoms with van der Waals surface area (Å²) in [5.74, 6) is 0.896. The Morgan fingerprint density at radius 2 is 2.00 bits per heavy atom. The van der Waals surface area contributed by atoms with Gasteiger partial charge < -0.3 is 5.32 Å². The van der Waals surface area contributed by atoms with Crippen molar-refractivity contribution in [3.63, 3.8) is 0 Å². The van der Waals surface area contributed by atoms with Crippen molar-refractivity contribution in [2.24, 2.45) is 0 Å². The van der Waals surface area contributed by atoms with Crippen LogP contribution in [0, 0.1) is 13.8 Å². The van der Waals surface area contributed by atoms with Crippen LogP contribution in [-0.4, -0.2) is 15.6 Å². The van der Waals surface area contributed by atoms with Crippen molar-refractivity contribution in [3.05, 3.63) is 40.1 Å². The van der Waals surface area contributed by atoms with Gasteiger partial charge in [-0.25, -0.2) is 4.98 Å². The van der Waals surface area contributed by atoms with Crippen LogP contribution in [0.5, 0.6) is 0 Å². The molecular weight excluding hydrogens is 290 g/mol. The third-order valence-corrected chi connectivity index (χ3v) is 3.16. The lowest BCUT2D eigenvalue weighted by molar-refractivity contribution is 0.862. The molecule has 0 saturated carbocycles. The first-order valence-corrected chi connectivity index (χ1v) is 6.85. The molecule has 4 heteroatoms. The number of nitrogens with one attached hydrogen (secondary N) is 1. The molecule has 18 heavy (non-hydrogen) atoms. The summed E-state index contributed by atoms with van der Waals surface area (Å²) in [5, 5.41) is 3.37. The minimum atomic E-state index is 0.362. The fourth-order valence-electron chi connectivity index (χ4n) is 1.93. The summed E-state index contributed by atoms with van der Waals surface area (Å²) in [7, 11) is 0. The lowest BCUT2D eigenvalue weighted by atomic mass is 10.2. The van der Waals surface area contributed by atoms with Gasteiger partial charge in [-0.2, -0.15) is 0 Å². The second kappa shape index (κ2) is 5.14. The maximum Gasteiger partial charge on any atom is 0.207 e. The van der Waals surface area contributed by atoms with E-state index in [0.717, 1.165) is 21.8 Å². The summed E-state index contributed by atoms with van der Waals surface area (Å²) in [6, 6.07) is 6.63. The minimum absolute atomic E-state index is 0.362. The number of anilines is 1. The summed E-state index contributed by atoms with van der Waals surface area (Å²) in [6.45, 7) is 8.34. The van der Waals surface area contributed by atoms with E-state index in [1.165, 1.54) is 5.56 Å². The SMILES string of the molecule is Cc1cn(-c2ccc(Br)cc2C)c(NC(C)C)n1. The summed E-state index contributed by atoms with van der Waals surface area (Å²) in [4.78, 5) is 4.53. The fourth-order valence-corrected chi connectivity index (χ4v) is 2.41. The van der Waals surface area contributed by atoms with Gasteiger partial charge in [0.25, 0.3) is 0 Å². The molecule has 2 aromatic rings. The topological polar surface area (TPSA) is 29.9 Å². The molecule has 0 saturated heterocycles. The maximum atomic E-state index is 4.53. The van der Waals surface area contributed by atoms with Crippen LogP contribution in [-0.2, 0) is 0 Å². The van der Waals surface area contributed by atoms with Gasteiger partial charge in [0.2, 0.25) is 5.95 Å². The van der Waals surface area contributed by atoms with Gasteiger partial charge in [-0.1, -0.05) is 15.9 Å². The molecule has 0 spiro atoms. The molecule has 0 radical (unpaired) electrons. The molecule has 1 aromatic carbocycles. The van der Waals surface area contributed by atoms with Crippen LogP contribution in [0.1, 0.15) is 25.1 Å². The quantitative estimate of drug-likeness (QED) is 0.926. The summed E-state index contributed by atoms with van der Waals surface area (Å²) in [6.07, 6.45) is 2.06. The maximum absolute atomic E-state index is 4.53. The Kier molecular flexibility index (Phi) is 3.76. The zero-order chi connectivity index (χ0) is 13.3. The van der Waals surface area contributed by atoms with Crippen molar-refractivity contribution in [3.8, 4) is 5.69 Å². The normalized spacial score (nSPS) is 11.0. The number of aryl methyl sites for hydroxylation is 2. The largest absolute Gasteiger partial charge is 0.353 e. The number of halogens is 1. The monoisotopic (exact) mass is 307 g/mol. The van der Waals surface area contributed by atoms with Crippen molar-refractivity contribution in [1.82, 2.24) is 9.55 Å². The first-order valence-electron chi connectivity index (χ1n) is 6.06. The number of nitrogens with zero attached hydrogens (tertiary/aromatic N) is 2. The summed E-state index contributed by atoms with van der Waals surface area (Å²) < 4.78 is 3.20. The minimum Gasteiger partial charge on any atom is -0.353 e. The first-order chi connectivity index (χ1) is 8.47. The highest BCUT2D eigenvalue weighted by atomic mass is 79.9. The van der Waals surface area contributed by atoms with Gasteiger partial charge in [0.05, 0.1) is 11.4 Å². The molecular formula is C14H18BrN3.